The standard InChI is InChI=1S/C15H19NO6/c17-7-5-13(19)15(20)21-10-12-3-4-14(22-12)16-6-1-2-11(8-16)9-18/h1,6-9,12-14,19H,2-5,10H2. The van der Waals surface area contributed by atoms with E-state index in [9.17, 15) is 19.5 Å². The molecule has 2 aliphatic rings. The van der Waals surface area contributed by atoms with Gasteiger partial charge in [0, 0.05) is 24.4 Å². The van der Waals surface area contributed by atoms with Crippen LogP contribution in [0.5, 0.6) is 0 Å². The molecule has 7 heteroatoms. The molecule has 1 N–H and O–H groups in total. The fraction of sp³-hybridized carbons (Fsp3) is 0.533. The Kier molecular flexibility index (Phi) is 5.85. The summed E-state index contributed by atoms with van der Waals surface area (Å²) in [7, 11) is 0. The minimum Gasteiger partial charge on any atom is -0.461 e. The summed E-state index contributed by atoms with van der Waals surface area (Å²) in [5.41, 5.74) is 0.679. The number of esters is 1. The van der Waals surface area contributed by atoms with Crippen molar-refractivity contribution >= 4 is 18.5 Å². The normalized spacial score (nSPS) is 25.5. The number of aliphatic hydroxyl groups is 1. The highest BCUT2D eigenvalue weighted by Gasteiger charge is 2.30. The lowest BCUT2D eigenvalue weighted by atomic mass is 10.1. The van der Waals surface area contributed by atoms with Crippen LogP contribution in [-0.4, -0.2) is 53.6 Å². The van der Waals surface area contributed by atoms with Gasteiger partial charge in [0.1, 0.15) is 25.4 Å². The third-order valence-corrected chi connectivity index (χ3v) is 3.52. The molecule has 0 aromatic rings. The summed E-state index contributed by atoms with van der Waals surface area (Å²) < 4.78 is 10.7. The number of hydrogen-bond donors (Lipinski definition) is 1. The number of carbonyl (C=O) groups is 3. The number of carbonyl (C=O) groups excluding carboxylic acids is 3. The van der Waals surface area contributed by atoms with Gasteiger partial charge in [-0.15, -0.1) is 0 Å². The molecule has 0 saturated carbocycles. The van der Waals surface area contributed by atoms with Gasteiger partial charge in [0.2, 0.25) is 0 Å². The molecule has 0 aliphatic carbocycles. The molecule has 1 fully saturated rings. The van der Waals surface area contributed by atoms with E-state index in [1.54, 1.807) is 6.20 Å². The van der Waals surface area contributed by atoms with Crippen molar-refractivity contribution in [3.63, 3.8) is 0 Å². The van der Waals surface area contributed by atoms with Gasteiger partial charge < -0.3 is 24.3 Å². The first kappa shape index (κ1) is 16.4. The molecule has 0 spiro atoms. The van der Waals surface area contributed by atoms with E-state index in [1.165, 1.54) is 0 Å². The largest absolute Gasteiger partial charge is 0.461 e. The first-order valence-corrected chi connectivity index (χ1v) is 7.17. The molecule has 2 rings (SSSR count). The summed E-state index contributed by atoms with van der Waals surface area (Å²) in [5.74, 6) is -0.819. The molecule has 0 amide bonds. The number of ether oxygens (including phenoxy) is 2. The van der Waals surface area contributed by atoms with Crippen LogP contribution in [0.25, 0.3) is 0 Å². The maximum absolute atomic E-state index is 11.4. The van der Waals surface area contributed by atoms with E-state index in [4.69, 9.17) is 9.47 Å². The first-order chi connectivity index (χ1) is 10.6. The molecule has 3 unspecified atom stereocenters. The third-order valence-electron chi connectivity index (χ3n) is 3.52. The maximum atomic E-state index is 11.4. The average molecular weight is 309 g/mol. The number of hydrogen-bond acceptors (Lipinski definition) is 7. The van der Waals surface area contributed by atoms with Crippen molar-refractivity contribution < 1.29 is 29.0 Å². The van der Waals surface area contributed by atoms with Crippen LogP contribution < -0.4 is 0 Å². The Bertz CT molecular complexity index is 486. The lowest BCUT2D eigenvalue weighted by Gasteiger charge is -2.26. The molecule has 2 aliphatic heterocycles. The van der Waals surface area contributed by atoms with E-state index in [1.807, 2.05) is 17.2 Å². The van der Waals surface area contributed by atoms with Crippen LogP contribution in [0, 0.1) is 0 Å². The van der Waals surface area contributed by atoms with Gasteiger partial charge in [-0.1, -0.05) is 6.08 Å². The number of allylic oxidation sites excluding steroid dienone is 2. The van der Waals surface area contributed by atoms with Gasteiger partial charge in [-0.25, -0.2) is 4.79 Å². The Morgan fingerprint density at radius 2 is 2.32 bits per heavy atom. The third kappa shape index (κ3) is 4.25. The molecular formula is C15H19NO6. The molecule has 1 saturated heterocycles. The van der Waals surface area contributed by atoms with Crippen LogP contribution in [0.1, 0.15) is 25.7 Å². The summed E-state index contributed by atoms with van der Waals surface area (Å²) in [4.78, 5) is 34.2. The van der Waals surface area contributed by atoms with E-state index in [2.05, 4.69) is 0 Å². The highest BCUT2D eigenvalue weighted by Crippen LogP contribution is 2.26. The minimum atomic E-state index is -1.42. The van der Waals surface area contributed by atoms with E-state index >= 15 is 0 Å². The second-order valence-corrected chi connectivity index (χ2v) is 5.20. The topological polar surface area (TPSA) is 93.1 Å². The second kappa shape index (κ2) is 7.86. The van der Waals surface area contributed by atoms with Gasteiger partial charge in [0.25, 0.3) is 0 Å². The predicted molar refractivity (Wildman–Crippen MR) is 75.3 cm³/mol. The second-order valence-electron chi connectivity index (χ2n) is 5.20. The van der Waals surface area contributed by atoms with E-state index in [0.29, 0.717) is 24.7 Å². The Balaban J connectivity index is 1.78. The number of aldehydes is 2. The predicted octanol–water partition coefficient (Wildman–Crippen LogP) is 0.287. The highest BCUT2D eigenvalue weighted by molar-refractivity contribution is 5.77. The SMILES string of the molecule is O=CCC(O)C(=O)OCC1CCC(N2C=CCC(C=O)=C2)O1. The van der Waals surface area contributed by atoms with Crippen LogP contribution in [0.2, 0.25) is 0 Å². The van der Waals surface area contributed by atoms with Crippen molar-refractivity contribution in [1.29, 1.82) is 0 Å². The highest BCUT2D eigenvalue weighted by atomic mass is 16.6. The zero-order chi connectivity index (χ0) is 15.9. The molecule has 120 valence electrons. The summed E-state index contributed by atoms with van der Waals surface area (Å²) in [6.07, 6.45) is 6.69. The smallest absolute Gasteiger partial charge is 0.335 e. The minimum absolute atomic E-state index is 0.0348. The van der Waals surface area contributed by atoms with E-state index < -0.39 is 12.1 Å². The van der Waals surface area contributed by atoms with Gasteiger partial charge in [0.05, 0.1) is 6.10 Å². The summed E-state index contributed by atoms with van der Waals surface area (Å²) >= 11 is 0. The Morgan fingerprint density at radius 1 is 1.50 bits per heavy atom. The summed E-state index contributed by atoms with van der Waals surface area (Å²) in [6, 6.07) is 0. The number of rotatable bonds is 7. The van der Waals surface area contributed by atoms with Crippen LogP contribution in [0.15, 0.2) is 24.0 Å². The van der Waals surface area contributed by atoms with Gasteiger partial charge in [0.15, 0.2) is 6.10 Å². The first-order valence-electron chi connectivity index (χ1n) is 7.17. The average Bonchev–Trinajstić information content (AvgIpc) is 3.02. The van der Waals surface area contributed by atoms with Crippen molar-refractivity contribution in [2.45, 2.75) is 44.1 Å². The lowest BCUT2D eigenvalue weighted by molar-refractivity contribution is -0.159. The van der Waals surface area contributed by atoms with E-state index in [0.717, 1.165) is 12.7 Å². The number of aliphatic hydroxyl groups excluding tert-OH is 1. The van der Waals surface area contributed by atoms with Crippen LogP contribution in [-0.2, 0) is 23.9 Å². The van der Waals surface area contributed by atoms with Crippen molar-refractivity contribution in [3.8, 4) is 0 Å². The Morgan fingerprint density at radius 3 is 3.05 bits per heavy atom. The summed E-state index contributed by atoms with van der Waals surface area (Å²) in [5, 5.41) is 9.30. The monoisotopic (exact) mass is 309 g/mol. The van der Waals surface area contributed by atoms with Crippen molar-refractivity contribution in [2.75, 3.05) is 6.61 Å². The van der Waals surface area contributed by atoms with Crippen molar-refractivity contribution in [2.24, 2.45) is 0 Å². The number of nitrogens with zero attached hydrogens (tertiary/aromatic N) is 1. The lowest BCUT2D eigenvalue weighted by Crippen LogP contribution is -2.31. The molecule has 3 atom stereocenters. The van der Waals surface area contributed by atoms with Gasteiger partial charge in [-0.05, 0) is 19.3 Å². The maximum Gasteiger partial charge on any atom is 0.335 e. The molecule has 2 heterocycles. The summed E-state index contributed by atoms with van der Waals surface area (Å²) in [6.45, 7) is 0.0348. The zero-order valence-electron chi connectivity index (χ0n) is 12.1. The van der Waals surface area contributed by atoms with Crippen LogP contribution in [0.3, 0.4) is 0 Å². The molecule has 22 heavy (non-hydrogen) atoms. The van der Waals surface area contributed by atoms with Crippen LogP contribution >= 0.6 is 0 Å². The zero-order valence-corrected chi connectivity index (χ0v) is 12.1. The molecule has 0 bridgehead atoms. The van der Waals surface area contributed by atoms with Crippen molar-refractivity contribution in [1.82, 2.24) is 4.90 Å². The molecule has 0 aromatic heterocycles. The molecular weight excluding hydrogens is 290 g/mol. The fourth-order valence-corrected chi connectivity index (χ4v) is 2.34. The Labute approximate surface area is 128 Å². The molecule has 7 nitrogen and oxygen atoms in total. The van der Waals surface area contributed by atoms with Gasteiger partial charge >= 0.3 is 5.97 Å². The van der Waals surface area contributed by atoms with E-state index in [-0.39, 0.29) is 25.4 Å². The van der Waals surface area contributed by atoms with Crippen molar-refractivity contribution in [3.05, 3.63) is 24.0 Å². The molecule has 0 radical (unpaired) electrons. The Hall–Kier alpha value is -1.99. The van der Waals surface area contributed by atoms with Crippen LogP contribution in [0.4, 0.5) is 0 Å². The fourth-order valence-electron chi connectivity index (χ4n) is 2.34. The molecule has 0 aromatic carbocycles. The van der Waals surface area contributed by atoms with Gasteiger partial charge in [-0.2, -0.15) is 0 Å². The quantitative estimate of drug-likeness (QED) is 0.533. The van der Waals surface area contributed by atoms with Gasteiger partial charge in [-0.3, -0.25) is 4.79 Å².